The van der Waals surface area contributed by atoms with Gasteiger partial charge in [0.1, 0.15) is 5.75 Å². The topological polar surface area (TPSA) is 32.3 Å². The molecule has 0 aromatic heterocycles. The molecule has 0 unspecified atom stereocenters. The van der Waals surface area contributed by atoms with Crippen LogP contribution in [0, 0.1) is 0 Å². The maximum absolute atomic E-state index is 10.6. The Morgan fingerprint density at radius 2 is 1.57 bits per heavy atom. The van der Waals surface area contributed by atoms with Crippen LogP contribution in [-0.4, -0.2) is 5.11 Å². The minimum atomic E-state index is -0.0699. The average Bonchev–Trinajstić information content (AvgIpc) is 2.53. The molecule has 0 saturated heterocycles. The van der Waals surface area contributed by atoms with Crippen LogP contribution >= 0.6 is 0 Å². The SMILES string of the molecule is CC(C)(C)c1cccc(CNc2cccc3ccccc23)c1O. The smallest absolute Gasteiger partial charge is 0.124 e. The highest BCUT2D eigenvalue weighted by Crippen LogP contribution is 2.33. The van der Waals surface area contributed by atoms with Crippen LogP contribution in [0.3, 0.4) is 0 Å². The summed E-state index contributed by atoms with van der Waals surface area (Å²) in [6.45, 7) is 6.95. The van der Waals surface area contributed by atoms with E-state index in [4.69, 9.17) is 0 Å². The van der Waals surface area contributed by atoms with Crippen molar-refractivity contribution < 1.29 is 5.11 Å². The van der Waals surface area contributed by atoms with Crippen molar-refractivity contribution in [3.8, 4) is 5.75 Å². The van der Waals surface area contributed by atoms with Crippen LogP contribution in [0.4, 0.5) is 5.69 Å². The van der Waals surface area contributed by atoms with Crippen LogP contribution < -0.4 is 5.32 Å². The largest absolute Gasteiger partial charge is 0.507 e. The van der Waals surface area contributed by atoms with Gasteiger partial charge >= 0.3 is 0 Å². The minimum absolute atomic E-state index is 0.0699. The number of fused-ring (bicyclic) bond motifs is 1. The maximum atomic E-state index is 10.6. The normalized spacial score (nSPS) is 11.6. The molecule has 0 aliphatic heterocycles. The molecule has 2 heteroatoms. The quantitative estimate of drug-likeness (QED) is 0.674. The van der Waals surface area contributed by atoms with Crippen molar-refractivity contribution in [2.75, 3.05) is 5.32 Å². The number of rotatable bonds is 3. The Morgan fingerprint density at radius 3 is 2.35 bits per heavy atom. The molecule has 0 spiro atoms. The first kappa shape index (κ1) is 15.4. The standard InChI is InChI=1S/C21H23NO/c1-21(2,3)18-12-6-10-16(20(18)23)14-22-19-13-7-9-15-8-4-5-11-17(15)19/h4-13,22-23H,14H2,1-3H3. The highest BCUT2D eigenvalue weighted by Gasteiger charge is 2.19. The van der Waals surface area contributed by atoms with E-state index < -0.39 is 0 Å². The van der Waals surface area contributed by atoms with Crippen LogP contribution in [0.15, 0.2) is 60.7 Å². The summed E-state index contributed by atoms with van der Waals surface area (Å²) in [6, 6.07) is 20.5. The molecule has 3 aromatic carbocycles. The number of anilines is 1. The fourth-order valence-electron chi connectivity index (χ4n) is 2.91. The molecule has 2 nitrogen and oxygen atoms in total. The molecule has 0 fully saturated rings. The molecule has 0 aliphatic rings. The summed E-state index contributed by atoms with van der Waals surface area (Å²) in [5, 5.41) is 16.4. The number of phenols is 1. The number of hydrogen-bond donors (Lipinski definition) is 2. The van der Waals surface area contributed by atoms with Gasteiger partial charge in [0, 0.05) is 23.2 Å². The van der Waals surface area contributed by atoms with E-state index in [1.54, 1.807) is 0 Å². The van der Waals surface area contributed by atoms with Crippen molar-refractivity contribution in [3.05, 3.63) is 71.8 Å². The van der Waals surface area contributed by atoms with E-state index in [0.29, 0.717) is 12.3 Å². The van der Waals surface area contributed by atoms with Gasteiger partial charge in [0.25, 0.3) is 0 Å². The van der Waals surface area contributed by atoms with Gasteiger partial charge in [-0.1, -0.05) is 75.4 Å². The lowest BCUT2D eigenvalue weighted by Gasteiger charge is -2.22. The monoisotopic (exact) mass is 305 g/mol. The summed E-state index contributed by atoms with van der Waals surface area (Å²) >= 11 is 0. The lowest BCUT2D eigenvalue weighted by Crippen LogP contribution is -2.12. The van der Waals surface area contributed by atoms with Gasteiger partial charge in [-0.15, -0.1) is 0 Å². The number of benzene rings is 3. The van der Waals surface area contributed by atoms with E-state index >= 15 is 0 Å². The lowest BCUT2D eigenvalue weighted by atomic mass is 9.85. The third kappa shape index (κ3) is 3.16. The van der Waals surface area contributed by atoms with Gasteiger partial charge in [-0.25, -0.2) is 0 Å². The molecule has 0 saturated carbocycles. The predicted molar refractivity (Wildman–Crippen MR) is 98.1 cm³/mol. The van der Waals surface area contributed by atoms with Gasteiger partial charge < -0.3 is 10.4 Å². The van der Waals surface area contributed by atoms with Gasteiger partial charge in [-0.2, -0.15) is 0 Å². The number of nitrogens with one attached hydrogen (secondary N) is 1. The second-order valence-electron chi connectivity index (χ2n) is 6.94. The van der Waals surface area contributed by atoms with Crippen LogP contribution in [0.5, 0.6) is 5.75 Å². The molecule has 0 radical (unpaired) electrons. The van der Waals surface area contributed by atoms with E-state index in [1.165, 1.54) is 10.8 Å². The zero-order valence-corrected chi connectivity index (χ0v) is 13.9. The molecule has 23 heavy (non-hydrogen) atoms. The van der Waals surface area contributed by atoms with Crippen molar-refractivity contribution in [1.82, 2.24) is 0 Å². The molecular formula is C21H23NO. The Bertz CT molecular complexity index is 825. The summed E-state index contributed by atoms with van der Waals surface area (Å²) in [7, 11) is 0. The number of phenolic OH excluding ortho intramolecular Hbond substituents is 1. The first-order valence-electron chi connectivity index (χ1n) is 8.00. The third-order valence-electron chi connectivity index (χ3n) is 4.19. The Hall–Kier alpha value is -2.48. The highest BCUT2D eigenvalue weighted by atomic mass is 16.3. The van der Waals surface area contributed by atoms with Crippen LogP contribution in [-0.2, 0) is 12.0 Å². The molecular weight excluding hydrogens is 282 g/mol. The van der Waals surface area contributed by atoms with E-state index in [-0.39, 0.29) is 5.41 Å². The highest BCUT2D eigenvalue weighted by molar-refractivity contribution is 5.93. The zero-order chi connectivity index (χ0) is 16.4. The minimum Gasteiger partial charge on any atom is -0.507 e. The molecule has 0 bridgehead atoms. The lowest BCUT2D eigenvalue weighted by molar-refractivity contribution is 0.441. The molecule has 2 N–H and O–H groups in total. The van der Waals surface area contributed by atoms with Crippen molar-refractivity contribution >= 4 is 16.5 Å². The van der Waals surface area contributed by atoms with E-state index in [2.05, 4.69) is 56.4 Å². The number of hydrogen-bond acceptors (Lipinski definition) is 2. The maximum Gasteiger partial charge on any atom is 0.124 e. The Balaban J connectivity index is 1.89. The second kappa shape index (κ2) is 5.96. The fourth-order valence-corrected chi connectivity index (χ4v) is 2.91. The Morgan fingerprint density at radius 1 is 0.870 bits per heavy atom. The summed E-state index contributed by atoms with van der Waals surface area (Å²) in [4.78, 5) is 0. The van der Waals surface area contributed by atoms with Crippen LogP contribution in [0.25, 0.3) is 10.8 Å². The Labute approximate surface area is 137 Å². The number of para-hydroxylation sites is 1. The molecule has 0 amide bonds. The van der Waals surface area contributed by atoms with Gasteiger partial charge in [-0.3, -0.25) is 0 Å². The summed E-state index contributed by atoms with van der Waals surface area (Å²) < 4.78 is 0. The van der Waals surface area contributed by atoms with E-state index in [0.717, 1.165) is 16.8 Å². The fraction of sp³-hybridized carbons (Fsp3) is 0.238. The summed E-state index contributed by atoms with van der Waals surface area (Å²) in [5.41, 5.74) is 2.92. The van der Waals surface area contributed by atoms with Crippen molar-refractivity contribution in [3.63, 3.8) is 0 Å². The van der Waals surface area contributed by atoms with Gasteiger partial charge in [-0.05, 0) is 22.4 Å². The van der Waals surface area contributed by atoms with E-state index in [9.17, 15) is 5.11 Å². The predicted octanol–water partition coefficient (Wildman–Crippen LogP) is 5.46. The first-order chi connectivity index (χ1) is 11.0. The van der Waals surface area contributed by atoms with Gasteiger partial charge in [0.15, 0.2) is 0 Å². The molecule has 3 aromatic rings. The molecule has 0 heterocycles. The number of aromatic hydroxyl groups is 1. The van der Waals surface area contributed by atoms with Crippen molar-refractivity contribution in [1.29, 1.82) is 0 Å². The molecule has 3 rings (SSSR count). The van der Waals surface area contributed by atoms with Crippen LogP contribution in [0.2, 0.25) is 0 Å². The molecule has 0 aliphatic carbocycles. The summed E-state index contributed by atoms with van der Waals surface area (Å²) in [5.74, 6) is 0.396. The second-order valence-corrected chi connectivity index (χ2v) is 6.94. The van der Waals surface area contributed by atoms with Crippen molar-refractivity contribution in [2.24, 2.45) is 0 Å². The van der Waals surface area contributed by atoms with E-state index in [1.807, 2.05) is 30.3 Å². The molecule has 118 valence electrons. The van der Waals surface area contributed by atoms with Crippen molar-refractivity contribution in [2.45, 2.75) is 32.7 Å². The zero-order valence-electron chi connectivity index (χ0n) is 13.9. The van der Waals surface area contributed by atoms with Gasteiger partial charge in [0.2, 0.25) is 0 Å². The first-order valence-corrected chi connectivity index (χ1v) is 8.00. The van der Waals surface area contributed by atoms with Crippen LogP contribution in [0.1, 0.15) is 31.9 Å². The molecule has 0 atom stereocenters. The summed E-state index contributed by atoms with van der Waals surface area (Å²) in [6.07, 6.45) is 0. The average molecular weight is 305 g/mol. The Kier molecular flexibility index (Phi) is 3.99. The van der Waals surface area contributed by atoms with Gasteiger partial charge in [0.05, 0.1) is 0 Å². The third-order valence-corrected chi connectivity index (χ3v) is 4.19.